The number of carbonyl (C=O) groups is 1. The van der Waals surface area contributed by atoms with Crippen molar-refractivity contribution in [1.29, 1.82) is 0 Å². The molecule has 2 heterocycles. The van der Waals surface area contributed by atoms with Gasteiger partial charge in [-0.15, -0.1) is 0 Å². The molecule has 0 aliphatic rings. The second-order valence-electron chi connectivity index (χ2n) is 4.47. The molecule has 0 unspecified atom stereocenters. The molecule has 2 aromatic heterocycles. The van der Waals surface area contributed by atoms with E-state index in [9.17, 15) is 4.79 Å². The van der Waals surface area contributed by atoms with E-state index in [0.717, 1.165) is 17.0 Å². The van der Waals surface area contributed by atoms with Crippen molar-refractivity contribution in [3.05, 3.63) is 29.1 Å². The second-order valence-corrected chi connectivity index (χ2v) is 4.47. The van der Waals surface area contributed by atoms with E-state index in [0.29, 0.717) is 18.7 Å². The van der Waals surface area contributed by atoms with Gasteiger partial charge in [0.2, 0.25) is 0 Å². The van der Waals surface area contributed by atoms with Crippen LogP contribution in [0.4, 0.5) is 0 Å². The summed E-state index contributed by atoms with van der Waals surface area (Å²) in [7, 11) is 3.68. The molecule has 2 aromatic rings. The quantitative estimate of drug-likeness (QED) is 0.790. The molecule has 0 aliphatic carbocycles. The number of nitrogens with zero attached hydrogens (tertiary/aromatic N) is 5. The minimum Gasteiger partial charge on any atom is -0.299 e. The van der Waals surface area contributed by atoms with Gasteiger partial charge in [-0.1, -0.05) is 0 Å². The van der Waals surface area contributed by atoms with Gasteiger partial charge in [0.15, 0.2) is 0 Å². The first kappa shape index (κ1) is 12.5. The standard InChI is InChI=1S/C12H17N5O/c1-8-11(9(2)16(3)15-8)5-10(18)6-12-13-7-14-17(12)4/h7H,5-6H2,1-4H3. The number of aromatic nitrogens is 5. The van der Waals surface area contributed by atoms with Crippen LogP contribution < -0.4 is 0 Å². The fraction of sp³-hybridized carbons (Fsp3) is 0.500. The zero-order valence-corrected chi connectivity index (χ0v) is 11.1. The van der Waals surface area contributed by atoms with Crippen LogP contribution in [0.3, 0.4) is 0 Å². The van der Waals surface area contributed by atoms with Crippen LogP contribution in [0.15, 0.2) is 6.33 Å². The van der Waals surface area contributed by atoms with Crippen molar-refractivity contribution in [2.45, 2.75) is 26.7 Å². The molecule has 0 amide bonds. The molecular weight excluding hydrogens is 230 g/mol. The second kappa shape index (κ2) is 4.72. The lowest BCUT2D eigenvalue weighted by atomic mass is 10.1. The maximum Gasteiger partial charge on any atom is 0.144 e. The predicted molar refractivity (Wildman–Crippen MR) is 66.1 cm³/mol. The van der Waals surface area contributed by atoms with Gasteiger partial charge < -0.3 is 0 Å². The third-order valence-electron chi connectivity index (χ3n) is 3.19. The summed E-state index contributed by atoms with van der Waals surface area (Å²) in [5.74, 6) is 0.824. The Morgan fingerprint density at radius 1 is 1.22 bits per heavy atom. The van der Waals surface area contributed by atoms with E-state index in [1.54, 1.807) is 16.4 Å². The summed E-state index contributed by atoms with van der Waals surface area (Å²) >= 11 is 0. The van der Waals surface area contributed by atoms with Crippen LogP contribution in [-0.4, -0.2) is 30.3 Å². The summed E-state index contributed by atoms with van der Waals surface area (Å²) in [4.78, 5) is 16.1. The number of hydrogen-bond donors (Lipinski definition) is 0. The summed E-state index contributed by atoms with van der Waals surface area (Å²) in [6.45, 7) is 3.91. The van der Waals surface area contributed by atoms with E-state index >= 15 is 0 Å². The largest absolute Gasteiger partial charge is 0.299 e. The molecule has 6 heteroatoms. The smallest absolute Gasteiger partial charge is 0.144 e. The highest BCUT2D eigenvalue weighted by Crippen LogP contribution is 2.13. The molecule has 0 bridgehead atoms. The number of hydrogen-bond acceptors (Lipinski definition) is 4. The van der Waals surface area contributed by atoms with Crippen molar-refractivity contribution in [3.8, 4) is 0 Å². The van der Waals surface area contributed by atoms with E-state index in [1.165, 1.54) is 6.33 Å². The summed E-state index contributed by atoms with van der Waals surface area (Å²) < 4.78 is 3.43. The summed E-state index contributed by atoms with van der Waals surface area (Å²) in [6, 6.07) is 0. The lowest BCUT2D eigenvalue weighted by Crippen LogP contribution is -2.12. The Kier molecular flexibility index (Phi) is 3.27. The minimum atomic E-state index is 0.130. The van der Waals surface area contributed by atoms with Crippen LogP contribution >= 0.6 is 0 Å². The van der Waals surface area contributed by atoms with E-state index in [2.05, 4.69) is 15.2 Å². The van der Waals surface area contributed by atoms with Gasteiger partial charge in [0, 0.05) is 31.8 Å². The summed E-state index contributed by atoms with van der Waals surface area (Å²) in [5.41, 5.74) is 2.98. The molecule has 0 N–H and O–H groups in total. The van der Waals surface area contributed by atoms with Gasteiger partial charge in [-0.3, -0.25) is 14.2 Å². The molecule has 6 nitrogen and oxygen atoms in total. The van der Waals surface area contributed by atoms with Crippen molar-refractivity contribution in [1.82, 2.24) is 24.5 Å². The van der Waals surface area contributed by atoms with Crippen LogP contribution in [-0.2, 0) is 31.7 Å². The fourth-order valence-corrected chi connectivity index (χ4v) is 1.99. The Balaban J connectivity index is 2.10. The Bertz CT molecular complexity index is 581. The molecule has 0 atom stereocenters. The highest BCUT2D eigenvalue weighted by molar-refractivity contribution is 5.82. The average molecular weight is 247 g/mol. The van der Waals surface area contributed by atoms with Crippen LogP contribution in [0.25, 0.3) is 0 Å². The lowest BCUT2D eigenvalue weighted by Gasteiger charge is -2.02. The van der Waals surface area contributed by atoms with E-state index in [1.807, 2.05) is 20.9 Å². The first-order valence-corrected chi connectivity index (χ1v) is 5.82. The molecule has 0 aromatic carbocycles. The summed E-state index contributed by atoms with van der Waals surface area (Å²) in [5, 5.41) is 8.26. The Labute approximate surface area is 106 Å². The molecule has 0 saturated carbocycles. The molecule has 0 spiro atoms. The van der Waals surface area contributed by atoms with Crippen LogP contribution in [0, 0.1) is 13.8 Å². The van der Waals surface area contributed by atoms with Gasteiger partial charge in [-0.2, -0.15) is 10.2 Å². The Hall–Kier alpha value is -1.98. The predicted octanol–water partition coefficient (Wildman–Crippen LogP) is 0.520. The van der Waals surface area contributed by atoms with E-state index in [-0.39, 0.29) is 5.78 Å². The highest BCUT2D eigenvalue weighted by atomic mass is 16.1. The lowest BCUT2D eigenvalue weighted by molar-refractivity contribution is -0.118. The van der Waals surface area contributed by atoms with E-state index < -0.39 is 0 Å². The highest BCUT2D eigenvalue weighted by Gasteiger charge is 2.15. The van der Waals surface area contributed by atoms with E-state index in [4.69, 9.17) is 0 Å². The van der Waals surface area contributed by atoms with Gasteiger partial charge >= 0.3 is 0 Å². The monoisotopic (exact) mass is 247 g/mol. The minimum absolute atomic E-state index is 0.130. The Morgan fingerprint density at radius 3 is 2.44 bits per heavy atom. The van der Waals surface area contributed by atoms with Crippen molar-refractivity contribution in [3.63, 3.8) is 0 Å². The molecule has 2 rings (SSSR count). The topological polar surface area (TPSA) is 65.6 Å². The van der Waals surface area contributed by atoms with Gasteiger partial charge in [0.1, 0.15) is 17.9 Å². The third kappa shape index (κ3) is 2.32. The Morgan fingerprint density at radius 2 is 1.94 bits per heavy atom. The van der Waals surface area contributed by atoms with Crippen LogP contribution in [0.1, 0.15) is 22.8 Å². The number of aryl methyl sites for hydroxylation is 3. The van der Waals surface area contributed by atoms with Crippen LogP contribution in [0.2, 0.25) is 0 Å². The number of ketones is 1. The molecule has 96 valence electrons. The van der Waals surface area contributed by atoms with Crippen molar-refractivity contribution >= 4 is 5.78 Å². The van der Waals surface area contributed by atoms with Gasteiger partial charge in [0.05, 0.1) is 12.1 Å². The normalized spacial score (nSPS) is 10.9. The SMILES string of the molecule is Cc1nn(C)c(C)c1CC(=O)Cc1ncnn1C. The average Bonchev–Trinajstić information content (AvgIpc) is 2.79. The van der Waals surface area contributed by atoms with Crippen molar-refractivity contribution in [2.75, 3.05) is 0 Å². The van der Waals surface area contributed by atoms with Crippen molar-refractivity contribution in [2.24, 2.45) is 14.1 Å². The first-order valence-electron chi connectivity index (χ1n) is 5.82. The molecular formula is C12H17N5O. The van der Waals surface area contributed by atoms with Gasteiger partial charge in [-0.05, 0) is 13.8 Å². The molecule has 0 saturated heterocycles. The fourth-order valence-electron chi connectivity index (χ4n) is 1.99. The maximum atomic E-state index is 12.0. The number of carbonyl (C=O) groups excluding carboxylic acids is 1. The van der Waals surface area contributed by atoms with Gasteiger partial charge in [-0.25, -0.2) is 4.98 Å². The molecule has 0 radical (unpaired) electrons. The molecule has 18 heavy (non-hydrogen) atoms. The zero-order chi connectivity index (χ0) is 13.3. The maximum absolute atomic E-state index is 12.0. The molecule has 0 aliphatic heterocycles. The number of rotatable bonds is 4. The zero-order valence-electron chi connectivity index (χ0n) is 11.1. The van der Waals surface area contributed by atoms with Gasteiger partial charge in [0.25, 0.3) is 0 Å². The van der Waals surface area contributed by atoms with Crippen molar-refractivity contribution < 1.29 is 4.79 Å². The van der Waals surface area contributed by atoms with Crippen LogP contribution in [0.5, 0.6) is 0 Å². The third-order valence-corrected chi connectivity index (χ3v) is 3.19. The first-order chi connectivity index (χ1) is 8.49. The summed E-state index contributed by atoms with van der Waals surface area (Å²) in [6.07, 6.45) is 2.17. The number of Topliss-reactive ketones (excluding diaryl/α,β-unsaturated/α-hetero) is 1. The molecule has 0 fully saturated rings.